The summed E-state index contributed by atoms with van der Waals surface area (Å²) in [5.74, 6) is -4.89. The minimum Gasteiger partial charge on any atom is -0.388 e. The Bertz CT molecular complexity index is 1930. The van der Waals surface area contributed by atoms with Crippen LogP contribution in [0.1, 0.15) is 138 Å². The van der Waals surface area contributed by atoms with Crippen LogP contribution in [0.2, 0.25) is 0 Å². The standard InChI is InChI=1S/C50H84N12O9/c1-31(2)27-39(59-50(71)42-20-16-26-62(42)35(8)63)45(66)54-30-44(65)55-38(23-22-36-17-11-9-12-18-36)47(68)56-37(19-15-25-53-34(7)52)46(67)57-40(28-32(3)4)48(69)58-41(29-33(5)6)49(70)61-60-43(64)21-13-10-14-24-51/h9,11-12,17-18,31-33,37-42H,10,13-16,19-30,51H2,1-8H3,(H2,52,53)(H,54,66)(H,55,65)(H,56,68)(H,57,67)(H,58,69)(H,59,71)(H,60,64)(H,61,70)/t37-,38-,39-,40+,41+,42-/m0/s1. The third-order valence-electron chi connectivity index (χ3n) is 11.7. The highest BCUT2D eigenvalue weighted by Gasteiger charge is 2.36. The van der Waals surface area contributed by atoms with Gasteiger partial charge >= 0.3 is 0 Å². The smallest absolute Gasteiger partial charge is 0.260 e. The number of likely N-dealkylation sites (tertiary alicyclic amines) is 1. The van der Waals surface area contributed by atoms with E-state index in [2.05, 4.69) is 47.7 Å². The van der Waals surface area contributed by atoms with Crippen molar-refractivity contribution in [1.82, 2.24) is 47.7 Å². The third kappa shape index (κ3) is 24.5. The predicted octanol–water partition coefficient (Wildman–Crippen LogP) is 1.13. The van der Waals surface area contributed by atoms with Gasteiger partial charge in [0.25, 0.3) is 5.91 Å². The number of carbonyl (C=O) groups excluding carboxylic acids is 9. The molecule has 0 saturated carbocycles. The van der Waals surface area contributed by atoms with Gasteiger partial charge in [-0.15, -0.1) is 0 Å². The average Bonchev–Trinajstić information content (AvgIpc) is 3.81. The normalized spacial score (nSPS) is 15.7. The van der Waals surface area contributed by atoms with Crippen molar-refractivity contribution in [3.8, 4) is 0 Å². The minimum absolute atomic E-state index is 0.0135. The highest BCUT2D eigenvalue weighted by molar-refractivity contribution is 5.97. The molecule has 398 valence electrons. The van der Waals surface area contributed by atoms with E-state index in [1.807, 2.05) is 71.9 Å². The summed E-state index contributed by atoms with van der Waals surface area (Å²) in [6.07, 6.45) is 4.93. The summed E-state index contributed by atoms with van der Waals surface area (Å²) in [5, 5.41) is 16.4. The molecule has 1 aliphatic heterocycles. The summed E-state index contributed by atoms with van der Waals surface area (Å²) in [6.45, 7) is 14.9. The molecule has 1 aliphatic rings. The first-order chi connectivity index (χ1) is 33.6. The Balaban J connectivity index is 2.32. The number of benzene rings is 1. The molecular weight excluding hydrogens is 913 g/mol. The summed E-state index contributed by atoms with van der Waals surface area (Å²) in [4.78, 5) is 127. The molecule has 1 aromatic rings. The number of nitrogens with one attached hydrogen (secondary N) is 8. The number of aryl methyl sites for hydroxylation is 1. The molecule has 0 aliphatic carbocycles. The lowest BCUT2D eigenvalue weighted by Gasteiger charge is -2.28. The van der Waals surface area contributed by atoms with Crippen molar-refractivity contribution >= 4 is 59.0 Å². The summed E-state index contributed by atoms with van der Waals surface area (Å²) < 4.78 is 0. The fourth-order valence-electron chi connectivity index (χ4n) is 8.08. The van der Waals surface area contributed by atoms with E-state index in [-0.39, 0.29) is 74.6 Å². The fourth-order valence-corrected chi connectivity index (χ4v) is 8.08. The molecular formula is C50H84N12O9. The quantitative estimate of drug-likeness (QED) is 0.0218. The third-order valence-corrected chi connectivity index (χ3v) is 11.7. The average molecular weight is 997 g/mol. The van der Waals surface area contributed by atoms with Crippen LogP contribution in [-0.4, -0.2) is 126 Å². The zero-order valence-electron chi connectivity index (χ0n) is 43.3. The molecule has 21 heteroatoms. The van der Waals surface area contributed by atoms with Crippen LogP contribution in [0.25, 0.3) is 0 Å². The molecule has 9 amide bonds. The zero-order chi connectivity index (χ0) is 53.0. The largest absolute Gasteiger partial charge is 0.388 e. The van der Waals surface area contributed by atoms with E-state index in [1.165, 1.54) is 11.8 Å². The summed E-state index contributed by atoms with van der Waals surface area (Å²) in [6, 6.07) is 2.96. The van der Waals surface area contributed by atoms with E-state index in [0.29, 0.717) is 51.0 Å². The number of nitrogens with two attached hydrogens (primary N) is 2. The van der Waals surface area contributed by atoms with E-state index in [1.54, 1.807) is 6.92 Å². The Hall–Kier alpha value is -6.12. The van der Waals surface area contributed by atoms with Gasteiger partial charge in [-0.1, -0.05) is 78.3 Å². The number of amides is 9. The molecule has 71 heavy (non-hydrogen) atoms. The number of hydrogen-bond acceptors (Lipinski definition) is 11. The molecule has 6 atom stereocenters. The molecule has 12 N–H and O–H groups in total. The second kappa shape index (κ2) is 32.7. The number of carbonyl (C=O) groups is 9. The van der Waals surface area contributed by atoms with Gasteiger partial charge in [-0.2, -0.15) is 0 Å². The van der Waals surface area contributed by atoms with Crippen molar-refractivity contribution in [3.05, 3.63) is 35.9 Å². The fraction of sp³-hybridized carbons (Fsp3) is 0.680. The van der Waals surface area contributed by atoms with Crippen LogP contribution < -0.4 is 54.2 Å². The Labute approximate surface area is 420 Å². The van der Waals surface area contributed by atoms with Gasteiger partial charge in [0.1, 0.15) is 36.3 Å². The second-order valence-electron chi connectivity index (χ2n) is 19.7. The number of aliphatic imine (C=N–C) groups is 1. The van der Waals surface area contributed by atoms with E-state index in [4.69, 9.17) is 11.5 Å². The molecule has 2 rings (SSSR count). The van der Waals surface area contributed by atoms with Crippen LogP contribution in [0.15, 0.2) is 35.3 Å². The highest BCUT2D eigenvalue weighted by Crippen LogP contribution is 2.18. The monoisotopic (exact) mass is 997 g/mol. The summed E-state index contributed by atoms with van der Waals surface area (Å²) >= 11 is 0. The lowest BCUT2D eigenvalue weighted by Crippen LogP contribution is -2.59. The molecule has 0 bridgehead atoms. The van der Waals surface area contributed by atoms with Gasteiger partial charge in [0.15, 0.2) is 0 Å². The number of unbranched alkanes of at least 4 members (excludes halogenated alkanes) is 2. The molecule has 1 aromatic carbocycles. The first-order valence-corrected chi connectivity index (χ1v) is 25.3. The van der Waals surface area contributed by atoms with Gasteiger partial charge in [-0.25, -0.2) is 0 Å². The molecule has 1 heterocycles. The lowest BCUT2D eigenvalue weighted by molar-refractivity contribution is -0.138. The molecule has 0 unspecified atom stereocenters. The first kappa shape index (κ1) is 61.0. The number of rotatable bonds is 31. The van der Waals surface area contributed by atoms with Crippen molar-refractivity contribution in [2.45, 2.75) is 175 Å². The maximum Gasteiger partial charge on any atom is 0.260 e. The van der Waals surface area contributed by atoms with Crippen LogP contribution in [0.4, 0.5) is 0 Å². The maximum atomic E-state index is 14.3. The number of nitrogens with zero attached hydrogens (tertiary/aromatic N) is 2. The number of hydrogen-bond donors (Lipinski definition) is 10. The predicted molar refractivity (Wildman–Crippen MR) is 271 cm³/mol. The van der Waals surface area contributed by atoms with E-state index in [9.17, 15) is 43.2 Å². The second-order valence-corrected chi connectivity index (χ2v) is 19.7. The van der Waals surface area contributed by atoms with Crippen molar-refractivity contribution in [1.29, 1.82) is 0 Å². The molecule has 1 saturated heterocycles. The summed E-state index contributed by atoms with van der Waals surface area (Å²) in [5.41, 5.74) is 17.0. The van der Waals surface area contributed by atoms with Gasteiger partial charge in [-0.3, -0.25) is 59.0 Å². The number of amidine groups is 1. The molecule has 0 spiro atoms. The topological polar surface area (TPSA) is 318 Å². The van der Waals surface area contributed by atoms with Crippen LogP contribution in [0.5, 0.6) is 0 Å². The van der Waals surface area contributed by atoms with Crippen LogP contribution in [-0.2, 0) is 49.6 Å². The highest BCUT2D eigenvalue weighted by atomic mass is 16.2. The Kier molecular flexibility index (Phi) is 28.1. The molecule has 1 fully saturated rings. The van der Waals surface area contributed by atoms with E-state index < -0.39 is 84.1 Å². The Morgan fingerprint density at radius 2 is 1.18 bits per heavy atom. The van der Waals surface area contributed by atoms with Crippen molar-refractivity contribution < 1.29 is 43.2 Å². The van der Waals surface area contributed by atoms with Crippen molar-refractivity contribution in [2.75, 3.05) is 26.2 Å². The summed E-state index contributed by atoms with van der Waals surface area (Å²) in [7, 11) is 0. The Morgan fingerprint density at radius 3 is 1.75 bits per heavy atom. The van der Waals surface area contributed by atoms with Crippen molar-refractivity contribution in [2.24, 2.45) is 34.2 Å². The van der Waals surface area contributed by atoms with Gasteiger partial charge in [-0.05, 0) is 107 Å². The Morgan fingerprint density at radius 1 is 0.634 bits per heavy atom. The van der Waals surface area contributed by atoms with Crippen LogP contribution >= 0.6 is 0 Å². The molecule has 0 aromatic heterocycles. The first-order valence-electron chi connectivity index (χ1n) is 25.3. The molecule has 21 nitrogen and oxygen atoms in total. The molecule has 0 radical (unpaired) electrons. The van der Waals surface area contributed by atoms with Gasteiger partial charge in [0.05, 0.1) is 12.4 Å². The van der Waals surface area contributed by atoms with E-state index >= 15 is 0 Å². The lowest BCUT2D eigenvalue weighted by atomic mass is 9.99. The van der Waals surface area contributed by atoms with Crippen LogP contribution in [0, 0.1) is 17.8 Å². The number of hydrazine groups is 1. The zero-order valence-corrected chi connectivity index (χ0v) is 43.3. The van der Waals surface area contributed by atoms with E-state index in [0.717, 1.165) is 18.4 Å². The van der Waals surface area contributed by atoms with Gasteiger partial charge < -0.3 is 48.3 Å². The maximum absolute atomic E-state index is 14.3. The van der Waals surface area contributed by atoms with Crippen molar-refractivity contribution in [3.63, 3.8) is 0 Å². The van der Waals surface area contributed by atoms with Gasteiger partial charge in [0.2, 0.25) is 47.3 Å². The van der Waals surface area contributed by atoms with Crippen LogP contribution in [0.3, 0.4) is 0 Å². The minimum atomic E-state index is -1.22. The SMILES string of the molecule is CC(=O)N1CCC[C@H]1C(=O)N[C@@H](CC(C)C)C(=O)NCC(=O)N[C@@H](CCc1ccccc1)C(=O)N[C@@H](CCCN=C(C)N)C(=O)N[C@H](CC(C)C)C(=O)N[C@H](CC(C)C)C(=O)NNC(=O)CCCCCN. The van der Waals surface area contributed by atoms with Gasteiger partial charge in [0, 0.05) is 26.4 Å².